The smallest absolute Gasteiger partial charge is 0.330 e. The van der Waals surface area contributed by atoms with Crippen LogP contribution >= 0.6 is 0 Å². The molecule has 0 saturated carbocycles. The van der Waals surface area contributed by atoms with Crippen LogP contribution in [0.3, 0.4) is 0 Å². The molecule has 0 unspecified atom stereocenters. The summed E-state index contributed by atoms with van der Waals surface area (Å²) in [6.45, 7) is 3.26. The molecule has 0 heterocycles. The predicted octanol–water partition coefficient (Wildman–Crippen LogP) is 0.329. The van der Waals surface area contributed by atoms with E-state index in [0.29, 0.717) is 19.7 Å². The first-order chi connectivity index (χ1) is 5.81. The highest BCUT2D eigenvalue weighted by Gasteiger charge is 1.90. The fourth-order valence-corrected chi connectivity index (χ4v) is 0.573. The van der Waals surface area contributed by atoms with Crippen LogP contribution in [0.2, 0.25) is 0 Å². The van der Waals surface area contributed by atoms with E-state index >= 15 is 0 Å². The van der Waals surface area contributed by atoms with E-state index in [0.717, 1.165) is 0 Å². The van der Waals surface area contributed by atoms with Crippen LogP contribution in [0.15, 0.2) is 12.2 Å². The number of terminal acetylenes is 1. The number of esters is 1. The SMILES string of the molecule is C#CCNC/C=C/C(=O)OCC. The zero-order valence-electron chi connectivity index (χ0n) is 7.17. The topological polar surface area (TPSA) is 38.3 Å². The first-order valence-corrected chi connectivity index (χ1v) is 3.78. The maximum absolute atomic E-state index is 10.7. The van der Waals surface area contributed by atoms with Crippen LogP contribution in [-0.2, 0) is 9.53 Å². The third kappa shape index (κ3) is 6.84. The largest absolute Gasteiger partial charge is 0.463 e. The summed E-state index contributed by atoms with van der Waals surface area (Å²) in [7, 11) is 0. The normalized spacial score (nSPS) is 9.67. The first-order valence-electron chi connectivity index (χ1n) is 3.78. The molecule has 0 aliphatic heterocycles. The molecule has 0 fully saturated rings. The molecule has 1 N–H and O–H groups in total. The van der Waals surface area contributed by atoms with Crippen molar-refractivity contribution in [3.63, 3.8) is 0 Å². The van der Waals surface area contributed by atoms with E-state index in [2.05, 4.69) is 16.0 Å². The van der Waals surface area contributed by atoms with Crippen LogP contribution in [0.1, 0.15) is 6.92 Å². The fourth-order valence-electron chi connectivity index (χ4n) is 0.573. The van der Waals surface area contributed by atoms with Crippen LogP contribution in [-0.4, -0.2) is 25.7 Å². The molecule has 0 aromatic rings. The van der Waals surface area contributed by atoms with E-state index < -0.39 is 0 Å². The Hall–Kier alpha value is -1.27. The summed E-state index contributed by atoms with van der Waals surface area (Å²) >= 11 is 0. The number of rotatable bonds is 5. The number of hydrogen-bond acceptors (Lipinski definition) is 3. The minimum absolute atomic E-state index is 0.319. The lowest BCUT2D eigenvalue weighted by Crippen LogP contribution is -2.13. The molecular weight excluding hydrogens is 154 g/mol. The lowest BCUT2D eigenvalue weighted by Gasteiger charge is -1.95. The van der Waals surface area contributed by atoms with Crippen LogP contribution in [0.4, 0.5) is 0 Å². The van der Waals surface area contributed by atoms with Gasteiger partial charge in [-0.2, -0.15) is 0 Å². The maximum Gasteiger partial charge on any atom is 0.330 e. The van der Waals surface area contributed by atoms with Gasteiger partial charge >= 0.3 is 5.97 Å². The standard InChI is InChI=1S/C9H13NO2/c1-3-7-10-8-5-6-9(11)12-4-2/h1,5-6,10H,4,7-8H2,2H3/b6-5+. The fraction of sp³-hybridized carbons (Fsp3) is 0.444. The van der Waals surface area contributed by atoms with Crippen molar-refractivity contribution in [3.8, 4) is 12.3 Å². The number of ether oxygens (including phenoxy) is 1. The Kier molecular flexibility index (Phi) is 7.00. The van der Waals surface area contributed by atoms with Crippen molar-refractivity contribution in [1.82, 2.24) is 5.32 Å². The molecule has 0 radical (unpaired) electrons. The van der Waals surface area contributed by atoms with E-state index in [4.69, 9.17) is 6.42 Å². The van der Waals surface area contributed by atoms with E-state index in [1.807, 2.05) is 0 Å². The van der Waals surface area contributed by atoms with Crippen molar-refractivity contribution < 1.29 is 9.53 Å². The highest BCUT2D eigenvalue weighted by Crippen LogP contribution is 1.79. The quantitative estimate of drug-likeness (QED) is 0.277. The Morgan fingerprint density at radius 2 is 2.50 bits per heavy atom. The van der Waals surface area contributed by atoms with Crippen molar-refractivity contribution in [2.45, 2.75) is 6.92 Å². The summed E-state index contributed by atoms with van der Waals surface area (Å²) in [5.74, 6) is 2.10. The molecule has 0 spiro atoms. The Morgan fingerprint density at radius 3 is 3.08 bits per heavy atom. The average Bonchev–Trinajstić information content (AvgIpc) is 2.05. The molecule has 0 aromatic carbocycles. The summed E-state index contributed by atoms with van der Waals surface area (Å²) in [5, 5.41) is 2.90. The summed E-state index contributed by atoms with van der Waals surface area (Å²) in [6, 6.07) is 0. The van der Waals surface area contributed by atoms with Gasteiger partial charge in [0.05, 0.1) is 13.2 Å². The van der Waals surface area contributed by atoms with Gasteiger partial charge in [0.1, 0.15) is 0 Å². The van der Waals surface area contributed by atoms with Crippen LogP contribution < -0.4 is 5.32 Å². The molecule has 0 atom stereocenters. The van der Waals surface area contributed by atoms with E-state index in [1.54, 1.807) is 13.0 Å². The second kappa shape index (κ2) is 7.83. The Morgan fingerprint density at radius 1 is 1.75 bits per heavy atom. The monoisotopic (exact) mass is 167 g/mol. The molecule has 0 rings (SSSR count). The number of nitrogens with one attached hydrogen (secondary N) is 1. The average molecular weight is 167 g/mol. The third-order valence-electron chi connectivity index (χ3n) is 1.03. The van der Waals surface area contributed by atoms with Crippen LogP contribution in [0.5, 0.6) is 0 Å². The first kappa shape index (κ1) is 10.7. The van der Waals surface area contributed by atoms with Crippen molar-refractivity contribution in [2.75, 3.05) is 19.7 Å². The molecule has 0 aliphatic carbocycles. The molecule has 66 valence electrons. The van der Waals surface area contributed by atoms with Crippen molar-refractivity contribution >= 4 is 5.97 Å². The van der Waals surface area contributed by atoms with Gasteiger partial charge in [-0.05, 0) is 6.92 Å². The molecule has 0 bridgehead atoms. The van der Waals surface area contributed by atoms with Crippen LogP contribution in [0, 0.1) is 12.3 Å². The number of carbonyl (C=O) groups is 1. The summed E-state index contributed by atoms with van der Waals surface area (Å²) in [5.41, 5.74) is 0. The third-order valence-corrected chi connectivity index (χ3v) is 1.03. The highest BCUT2D eigenvalue weighted by molar-refractivity contribution is 5.81. The molecule has 12 heavy (non-hydrogen) atoms. The van der Waals surface area contributed by atoms with E-state index in [9.17, 15) is 4.79 Å². The van der Waals surface area contributed by atoms with Gasteiger partial charge in [-0.1, -0.05) is 12.0 Å². The molecule has 0 saturated heterocycles. The van der Waals surface area contributed by atoms with Gasteiger partial charge in [-0.15, -0.1) is 6.42 Å². The Bertz CT molecular complexity index is 191. The predicted molar refractivity (Wildman–Crippen MR) is 47.5 cm³/mol. The summed E-state index contributed by atoms with van der Waals surface area (Å²) in [4.78, 5) is 10.7. The molecule has 0 aliphatic rings. The van der Waals surface area contributed by atoms with Crippen molar-refractivity contribution in [1.29, 1.82) is 0 Å². The van der Waals surface area contributed by atoms with Gasteiger partial charge in [-0.25, -0.2) is 4.79 Å². The second-order valence-corrected chi connectivity index (χ2v) is 1.99. The van der Waals surface area contributed by atoms with Crippen molar-refractivity contribution in [2.24, 2.45) is 0 Å². The molecule has 0 amide bonds. The van der Waals surface area contributed by atoms with Gasteiger partial charge in [-0.3, -0.25) is 0 Å². The van der Waals surface area contributed by atoms with Crippen molar-refractivity contribution in [3.05, 3.63) is 12.2 Å². The Labute approximate surface area is 72.8 Å². The lowest BCUT2D eigenvalue weighted by atomic mass is 10.5. The molecule has 0 aromatic heterocycles. The lowest BCUT2D eigenvalue weighted by molar-refractivity contribution is -0.137. The van der Waals surface area contributed by atoms with Gasteiger partial charge < -0.3 is 10.1 Å². The van der Waals surface area contributed by atoms with Gasteiger partial charge in [0, 0.05) is 12.6 Å². The maximum atomic E-state index is 10.7. The zero-order valence-corrected chi connectivity index (χ0v) is 7.17. The van der Waals surface area contributed by atoms with E-state index in [1.165, 1.54) is 6.08 Å². The Balaban J connectivity index is 3.36. The minimum atomic E-state index is -0.319. The van der Waals surface area contributed by atoms with Gasteiger partial charge in [0.25, 0.3) is 0 Å². The van der Waals surface area contributed by atoms with Gasteiger partial charge in [0.2, 0.25) is 0 Å². The van der Waals surface area contributed by atoms with E-state index in [-0.39, 0.29) is 5.97 Å². The highest BCUT2D eigenvalue weighted by atomic mass is 16.5. The summed E-state index contributed by atoms with van der Waals surface area (Å²) in [6.07, 6.45) is 8.05. The summed E-state index contributed by atoms with van der Waals surface area (Å²) < 4.78 is 4.65. The second-order valence-electron chi connectivity index (χ2n) is 1.99. The van der Waals surface area contributed by atoms with Gasteiger partial charge in [0.15, 0.2) is 0 Å². The minimum Gasteiger partial charge on any atom is -0.463 e. The molecular formula is C9H13NO2. The van der Waals surface area contributed by atoms with Crippen LogP contribution in [0.25, 0.3) is 0 Å². The number of hydrogen-bond donors (Lipinski definition) is 1. The zero-order chi connectivity index (χ0) is 9.23. The molecule has 3 heteroatoms. The molecule has 3 nitrogen and oxygen atoms in total. The number of carbonyl (C=O) groups excluding carboxylic acids is 1.